The van der Waals surface area contributed by atoms with E-state index in [1.54, 1.807) is 14.0 Å². The number of hydrogen-bond donors (Lipinski definition) is 0. The van der Waals surface area contributed by atoms with Gasteiger partial charge >= 0.3 is 5.97 Å². The van der Waals surface area contributed by atoms with E-state index in [1.807, 2.05) is 54.6 Å². The molecule has 0 N–H and O–H groups in total. The first-order valence-electron chi connectivity index (χ1n) is 10.7. The van der Waals surface area contributed by atoms with Crippen LogP contribution in [-0.4, -0.2) is 33.5 Å². The van der Waals surface area contributed by atoms with E-state index in [0.29, 0.717) is 5.69 Å². The van der Waals surface area contributed by atoms with Gasteiger partial charge in [0.05, 0.1) is 19.4 Å². The highest BCUT2D eigenvalue weighted by Crippen LogP contribution is 2.27. The first-order valence-corrected chi connectivity index (χ1v) is 13.7. The Hall–Kier alpha value is -3.44. The number of carbonyl (C=O) groups is 1. The van der Waals surface area contributed by atoms with Gasteiger partial charge in [-0.25, -0.2) is 9.79 Å². The zero-order valence-corrected chi connectivity index (χ0v) is 20.0. The molecule has 0 radical (unpaired) electrons. The van der Waals surface area contributed by atoms with Gasteiger partial charge in [-0.15, -0.1) is 0 Å². The Morgan fingerprint density at radius 2 is 1.50 bits per heavy atom. The maximum absolute atomic E-state index is 12.9. The lowest BCUT2D eigenvalue weighted by atomic mass is 10.2. The summed E-state index contributed by atoms with van der Waals surface area (Å²) in [6.07, 6.45) is 1.91. The highest BCUT2D eigenvalue weighted by atomic mass is 28.3. The first-order chi connectivity index (χ1) is 15.5. The van der Waals surface area contributed by atoms with Crippen molar-refractivity contribution in [1.29, 1.82) is 0 Å². The maximum atomic E-state index is 12.9. The fraction of sp³-hybridized carbons (Fsp3) is 0.185. The normalized spacial score (nSPS) is 12.4. The van der Waals surface area contributed by atoms with Crippen LogP contribution in [0.25, 0.3) is 5.20 Å². The van der Waals surface area contributed by atoms with Crippen LogP contribution in [0, 0.1) is 0 Å². The second-order valence-electron chi connectivity index (χ2n) is 7.83. The summed E-state index contributed by atoms with van der Waals surface area (Å²) in [7, 11) is -0.542. The van der Waals surface area contributed by atoms with Gasteiger partial charge in [0.1, 0.15) is 19.5 Å². The van der Waals surface area contributed by atoms with Crippen molar-refractivity contribution in [1.82, 2.24) is 0 Å². The zero-order chi connectivity index (χ0) is 23.0. The van der Waals surface area contributed by atoms with Crippen LogP contribution < -0.4 is 9.92 Å². The quantitative estimate of drug-likeness (QED) is 0.260. The van der Waals surface area contributed by atoms with Crippen LogP contribution in [-0.2, 0) is 9.53 Å². The molecule has 0 aliphatic rings. The summed E-state index contributed by atoms with van der Waals surface area (Å²) in [5.74, 6) is 0.300. The van der Waals surface area contributed by atoms with E-state index in [0.717, 1.165) is 16.5 Å². The van der Waals surface area contributed by atoms with Crippen molar-refractivity contribution >= 4 is 35.8 Å². The van der Waals surface area contributed by atoms with Crippen LogP contribution in [0.15, 0.2) is 96.0 Å². The van der Waals surface area contributed by atoms with E-state index in [2.05, 4.69) is 54.5 Å². The van der Waals surface area contributed by atoms with Crippen LogP contribution in [0.1, 0.15) is 12.5 Å². The van der Waals surface area contributed by atoms with Crippen LogP contribution in [0.5, 0.6) is 5.75 Å². The molecule has 32 heavy (non-hydrogen) atoms. The third-order valence-corrected chi connectivity index (χ3v) is 8.90. The number of hydrogen-bond acceptors (Lipinski definition) is 4. The highest BCUT2D eigenvalue weighted by molar-refractivity contribution is 7.05. The molecule has 0 spiro atoms. The van der Waals surface area contributed by atoms with Crippen molar-refractivity contribution in [2.75, 3.05) is 13.7 Å². The molecule has 164 valence electrons. The smallest absolute Gasteiger partial charge is 0.356 e. The number of benzene rings is 3. The monoisotopic (exact) mass is 443 g/mol. The maximum Gasteiger partial charge on any atom is 0.356 e. The molecule has 4 nitrogen and oxygen atoms in total. The number of carbonyl (C=O) groups excluding carboxylic acids is 1. The second-order valence-corrected chi connectivity index (χ2v) is 12.2. The van der Waals surface area contributed by atoms with Crippen LogP contribution >= 0.6 is 0 Å². The largest absolute Gasteiger partial charge is 0.497 e. The molecule has 3 rings (SSSR count). The molecule has 0 fully saturated rings. The van der Waals surface area contributed by atoms with Crippen molar-refractivity contribution in [3.05, 3.63) is 96.6 Å². The van der Waals surface area contributed by atoms with E-state index in [-0.39, 0.29) is 12.3 Å². The van der Waals surface area contributed by atoms with Crippen LogP contribution in [0.4, 0.5) is 5.69 Å². The van der Waals surface area contributed by atoms with Gasteiger partial charge in [-0.3, -0.25) is 0 Å². The molecule has 0 heterocycles. The van der Waals surface area contributed by atoms with Crippen LogP contribution in [0.2, 0.25) is 13.1 Å². The molecular weight excluding hydrogens is 414 g/mol. The summed E-state index contributed by atoms with van der Waals surface area (Å²) < 4.78 is 10.6. The molecule has 0 atom stereocenters. The molecule has 0 unspecified atom stereocenters. The third kappa shape index (κ3) is 5.62. The summed E-state index contributed by atoms with van der Waals surface area (Å²) in [6.45, 7) is 6.66. The standard InChI is InChI=1S/C27H29NO3Si/c1-5-31-27(29)25(28-22-16-18-23(30-2)19-17-22)20-26(21-12-8-6-9-13-21)32(3,4)24-14-10-7-11-15-24/h6-20H,5H2,1-4H3/b26-20+,28-25?. The number of aliphatic imine (C=N–C) groups is 1. The Morgan fingerprint density at radius 3 is 2.06 bits per heavy atom. The molecule has 0 aliphatic carbocycles. The van der Waals surface area contributed by atoms with Crippen molar-refractivity contribution in [2.45, 2.75) is 20.0 Å². The minimum Gasteiger partial charge on any atom is -0.497 e. The Labute approximate surface area is 191 Å². The van der Waals surface area contributed by atoms with Gasteiger partial charge in [0.15, 0.2) is 0 Å². The van der Waals surface area contributed by atoms with Crippen molar-refractivity contribution in [3.8, 4) is 5.75 Å². The van der Waals surface area contributed by atoms with Gasteiger partial charge in [0, 0.05) is 0 Å². The van der Waals surface area contributed by atoms with E-state index in [9.17, 15) is 4.79 Å². The van der Waals surface area contributed by atoms with Crippen molar-refractivity contribution in [2.24, 2.45) is 4.99 Å². The molecular formula is C27H29NO3Si. The number of nitrogens with zero attached hydrogens (tertiary/aromatic N) is 1. The Kier molecular flexibility index (Phi) is 7.79. The van der Waals surface area contributed by atoms with E-state index >= 15 is 0 Å². The molecule has 0 saturated heterocycles. The van der Waals surface area contributed by atoms with Gasteiger partial charge in [-0.05, 0) is 48.0 Å². The Balaban J connectivity index is 2.17. The van der Waals surface area contributed by atoms with Gasteiger partial charge in [0.2, 0.25) is 0 Å². The summed E-state index contributed by atoms with van der Waals surface area (Å²) in [5, 5.41) is 2.40. The molecule has 0 saturated carbocycles. The summed E-state index contributed by atoms with van der Waals surface area (Å²) in [6, 6.07) is 28.0. The molecule has 3 aromatic rings. The topological polar surface area (TPSA) is 47.9 Å². The molecule has 0 bridgehead atoms. The number of esters is 1. The molecule has 0 aromatic heterocycles. The average Bonchev–Trinajstić information content (AvgIpc) is 2.83. The SMILES string of the molecule is CCOC(=O)C(/C=C(\c1ccccc1)[Si](C)(C)c1ccccc1)=Nc1ccc(OC)cc1. The second kappa shape index (κ2) is 10.7. The molecule has 5 heteroatoms. The minimum absolute atomic E-state index is 0.285. The van der Waals surface area contributed by atoms with Gasteiger partial charge in [-0.1, -0.05) is 78.9 Å². The Morgan fingerprint density at radius 1 is 0.906 bits per heavy atom. The number of ether oxygens (including phenoxy) is 2. The predicted molar refractivity (Wildman–Crippen MR) is 135 cm³/mol. The van der Waals surface area contributed by atoms with Gasteiger partial charge in [-0.2, -0.15) is 0 Å². The number of methoxy groups -OCH3 is 1. The molecule has 3 aromatic carbocycles. The number of rotatable bonds is 8. The predicted octanol–water partition coefficient (Wildman–Crippen LogP) is 5.57. The van der Waals surface area contributed by atoms with Crippen LogP contribution in [0.3, 0.4) is 0 Å². The third-order valence-electron chi connectivity index (χ3n) is 5.34. The summed E-state index contributed by atoms with van der Waals surface area (Å²) in [5.41, 5.74) is 2.03. The summed E-state index contributed by atoms with van der Waals surface area (Å²) in [4.78, 5) is 17.6. The highest BCUT2D eigenvalue weighted by Gasteiger charge is 2.30. The Bertz CT molecular complexity index is 1090. The van der Waals surface area contributed by atoms with E-state index in [4.69, 9.17) is 9.47 Å². The lowest BCUT2D eigenvalue weighted by Gasteiger charge is -2.27. The van der Waals surface area contributed by atoms with Crippen molar-refractivity contribution < 1.29 is 14.3 Å². The fourth-order valence-electron chi connectivity index (χ4n) is 3.53. The van der Waals surface area contributed by atoms with Crippen molar-refractivity contribution in [3.63, 3.8) is 0 Å². The van der Waals surface area contributed by atoms with E-state index in [1.165, 1.54) is 5.19 Å². The van der Waals surface area contributed by atoms with Gasteiger partial charge in [0.25, 0.3) is 0 Å². The average molecular weight is 444 g/mol. The van der Waals surface area contributed by atoms with Gasteiger partial charge < -0.3 is 9.47 Å². The minimum atomic E-state index is -2.16. The van der Waals surface area contributed by atoms with E-state index < -0.39 is 14.0 Å². The first kappa shape index (κ1) is 23.2. The summed E-state index contributed by atoms with van der Waals surface area (Å²) >= 11 is 0. The lowest BCUT2D eigenvalue weighted by Crippen LogP contribution is -2.43. The zero-order valence-electron chi connectivity index (χ0n) is 19.0. The lowest BCUT2D eigenvalue weighted by molar-refractivity contribution is -0.134. The molecule has 0 aliphatic heterocycles. The molecule has 0 amide bonds. The fourth-order valence-corrected chi connectivity index (χ4v) is 6.25.